The van der Waals surface area contributed by atoms with Crippen molar-refractivity contribution in [3.8, 4) is 0 Å². The summed E-state index contributed by atoms with van der Waals surface area (Å²) >= 11 is 0. The van der Waals surface area contributed by atoms with Gasteiger partial charge in [-0.3, -0.25) is 10.1 Å². The number of aromatic carboxylic acids is 1. The van der Waals surface area contributed by atoms with Crippen LogP contribution in [-0.4, -0.2) is 27.7 Å². The summed E-state index contributed by atoms with van der Waals surface area (Å²) in [7, 11) is 0. The SMILES string of the molecule is N[C@@H](CO)c1ccc([N+](=O)[O-])cc1C(=O)O. The second kappa shape index (κ2) is 4.69. The standard InChI is InChI=1S/C9H10N2O5/c10-8(4-12)6-2-1-5(11(15)16)3-7(6)9(13)14/h1-3,8,12H,4,10H2,(H,13,14)/t8-/m0/s1. The third-order valence-electron chi connectivity index (χ3n) is 2.07. The van der Waals surface area contributed by atoms with E-state index < -0.39 is 23.5 Å². The molecule has 0 aliphatic heterocycles. The summed E-state index contributed by atoms with van der Waals surface area (Å²) in [5, 5.41) is 28.1. The normalized spacial score (nSPS) is 12.1. The predicted octanol–water partition coefficient (Wildman–Crippen LogP) is 0.285. The lowest BCUT2D eigenvalue weighted by molar-refractivity contribution is -0.384. The molecule has 0 saturated carbocycles. The van der Waals surface area contributed by atoms with E-state index in [4.69, 9.17) is 15.9 Å². The van der Waals surface area contributed by atoms with E-state index in [0.29, 0.717) is 0 Å². The van der Waals surface area contributed by atoms with E-state index in [9.17, 15) is 14.9 Å². The van der Waals surface area contributed by atoms with Gasteiger partial charge in [-0.2, -0.15) is 0 Å². The van der Waals surface area contributed by atoms with Gasteiger partial charge in [0.1, 0.15) is 0 Å². The van der Waals surface area contributed by atoms with Crippen LogP contribution in [0.4, 0.5) is 5.69 Å². The zero-order valence-corrected chi connectivity index (χ0v) is 8.16. The zero-order valence-electron chi connectivity index (χ0n) is 8.16. The molecule has 1 aromatic rings. The number of hydrogen-bond acceptors (Lipinski definition) is 5. The van der Waals surface area contributed by atoms with Gasteiger partial charge in [0.25, 0.3) is 5.69 Å². The van der Waals surface area contributed by atoms with Gasteiger partial charge in [-0.25, -0.2) is 4.79 Å². The minimum atomic E-state index is -1.32. The van der Waals surface area contributed by atoms with Gasteiger partial charge >= 0.3 is 5.97 Å². The number of rotatable bonds is 4. The highest BCUT2D eigenvalue weighted by Gasteiger charge is 2.19. The van der Waals surface area contributed by atoms with Crippen molar-refractivity contribution < 1.29 is 19.9 Å². The predicted molar refractivity (Wildman–Crippen MR) is 54.1 cm³/mol. The van der Waals surface area contributed by atoms with Gasteiger partial charge in [0.05, 0.1) is 23.1 Å². The number of nitro groups is 1. The Morgan fingerprint density at radius 3 is 2.62 bits per heavy atom. The molecule has 7 heteroatoms. The minimum Gasteiger partial charge on any atom is -0.478 e. The summed E-state index contributed by atoms with van der Waals surface area (Å²) in [6.45, 7) is -0.432. The van der Waals surface area contributed by atoms with Crippen molar-refractivity contribution in [1.29, 1.82) is 0 Å². The van der Waals surface area contributed by atoms with E-state index in [1.807, 2.05) is 0 Å². The van der Waals surface area contributed by atoms with Crippen molar-refractivity contribution in [2.45, 2.75) is 6.04 Å². The fraction of sp³-hybridized carbons (Fsp3) is 0.222. The molecule has 0 aliphatic rings. The van der Waals surface area contributed by atoms with E-state index >= 15 is 0 Å². The van der Waals surface area contributed by atoms with Gasteiger partial charge in [-0.05, 0) is 11.6 Å². The van der Waals surface area contributed by atoms with Crippen LogP contribution in [0.1, 0.15) is 22.0 Å². The van der Waals surface area contributed by atoms with Crippen molar-refractivity contribution in [3.63, 3.8) is 0 Å². The van der Waals surface area contributed by atoms with Crippen LogP contribution in [0.5, 0.6) is 0 Å². The zero-order chi connectivity index (χ0) is 12.3. The summed E-state index contributed by atoms with van der Waals surface area (Å²) in [6.07, 6.45) is 0. The molecule has 86 valence electrons. The Morgan fingerprint density at radius 1 is 1.56 bits per heavy atom. The number of hydrogen-bond donors (Lipinski definition) is 3. The van der Waals surface area contributed by atoms with E-state index in [1.54, 1.807) is 0 Å². The number of carbonyl (C=O) groups is 1. The maximum atomic E-state index is 10.9. The molecule has 16 heavy (non-hydrogen) atoms. The number of benzene rings is 1. The second-order valence-corrected chi connectivity index (χ2v) is 3.12. The van der Waals surface area contributed by atoms with Crippen molar-refractivity contribution in [3.05, 3.63) is 39.4 Å². The van der Waals surface area contributed by atoms with Crippen LogP contribution in [0.25, 0.3) is 0 Å². The summed E-state index contributed by atoms with van der Waals surface area (Å²) in [6, 6.07) is 2.44. The topological polar surface area (TPSA) is 127 Å². The summed E-state index contributed by atoms with van der Waals surface area (Å²) < 4.78 is 0. The van der Waals surface area contributed by atoms with Crippen LogP contribution < -0.4 is 5.73 Å². The molecule has 0 fully saturated rings. The van der Waals surface area contributed by atoms with Crippen molar-refractivity contribution in [2.75, 3.05) is 6.61 Å². The number of nitrogens with zero attached hydrogens (tertiary/aromatic N) is 1. The second-order valence-electron chi connectivity index (χ2n) is 3.12. The molecule has 0 aromatic heterocycles. The van der Waals surface area contributed by atoms with Crippen LogP contribution >= 0.6 is 0 Å². The molecule has 0 bridgehead atoms. The Morgan fingerprint density at radius 2 is 2.19 bits per heavy atom. The minimum absolute atomic E-state index is 0.167. The first-order valence-corrected chi connectivity index (χ1v) is 4.35. The number of carboxylic acids is 1. The quantitative estimate of drug-likeness (QED) is 0.500. The van der Waals surface area contributed by atoms with Gasteiger partial charge in [0.15, 0.2) is 0 Å². The molecule has 1 aromatic carbocycles. The molecular weight excluding hydrogens is 216 g/mol. The number of nitro benzene ring substituents is 1. The van der Waals surface area contributed by atoms with Crippen molar-refractivity contribution in [2.24, 2.45) is 5.73 Å². The van der Waals surface area contributed by atoms with E-state index in [-0.39, 0.29) is 16.8 Å². The van der Waals surface area contributed by atoms with Crippen LogP contribution in [-0.2, 0) is 0 Å². The first-order chi connectivity index (χ1) is 7.47. The maximum Gasteiger partial charge on any atom is 0.336 e. The fourth-order valence-electron chi connectivity index (χ4n) is 1.26. The molecule has 0 heterocycles. The molecule has 1 rings (SSSR count). The molecule has 7 nitrogen and oxygen atoms in total. The van der Waals surface area contributed by atoms with Crippen molar-refractivity contribution in [1.82, 2.24) is 0 Å². The van der Waals surface area contributed by atoms with E-state index in [2.05, 4.69) is 0 Å². The highest BCUT2D eigenvalue weighted by molar-refractivity contribution is 5.90. The van der Waals surface area contributed by atoms with Gasteiger partial charge in [0, 0.05) is 12.1 Å². The highest BCUT2D eigenvalue weighted by Crippen LogP contribution is 2.22. The average Bonchev–Trinajstić information content (AvgIpc) is 2.26. The lowest BCUT2D eigenvalue weighted by Gasteiger charge is -2.11. The Balaban J connectivity index is 3.30. The molecule has 0 radical (unpaired) electrons. The lowest BCUT2D eigenvalue weighted by Crippen LogP contribution is -2.18. The highest BCUT2D eigenvalue weighted by atomic mass is 16.6. The summed E-state index contributed by atoms with van der Waals surface area (Å²) in [5.41, 5.74) is 5.05. The van der Waals surface area contributed by atoms with Gasteiger partial charge < -0.3 is 15.9 Å². The third-order valence-corrected chi connectivity index (χ3v) is 2.07. The molecule has 0 unspecified atom stereocenters. The lowest BCUT2D eigenvalue weighted by atomic mass is 10.0. The van der Waals surface area contributed by atoms with E-state index in [1.165, 1.54) is 6.07 Å². The van der Waals surface area contributed by atoms with Crippen LogP contribution in [0.15, 0.2) is 18.2 Å². The smallest absolute Gasteiger partial charge is 0.336 e. The Labute approximate surface area is 90.3 Å². The average molecular weight is 226 g/mol. The molecule has 0 amide bonds. The first kappa shape index (κ1) is 12.1. The van der Waals surface area contributed by atoms with Gasteiger partial charge in [-0.15, -0.1) is 0 Å². The molecule has 4 N–H and O–H groups in total. The fourth-order valence-corrected chi connectivity index (χ4v) is 1.26. The van der Waals surface area contributed by atoms with Gasteiger partial charge in [0.2, 0.25) is 0 Å². The largest absolute Gasteiger partial charge is 0.478 e. The molecule has 1 atom stereocenters. The first-order valence-electron chi connectivity index (χ1n) is 4.35. The number of aliphatic hydroxyl groups excluding tert-OH is 1. The summed E-state index contributed by atoms with van der Waals surface area (Å²) in [5.74, 6) is -1.32. The third kappa shape index (κ3) is 2.33. The summed E-state index contributed by atoms with van der Waals surface area (Å²) in [4.78, 5) is 20.6. The van der Waals surface area contributed by atoms with E-state index in [0.717, 1.165) is 12.1 Å². The number of carboxylic acid groups (broad SMARTS) is 1. The number of non-ortho nitro benzene ring substituents is 1. The molecular formula is C9H10N2O5. The Hall–Kier alpha value is -1.99. The van der Waals surface area contributed by atoms with Gasteiger partial charge in [-0.1, -0.05) is 0 Å². The molecule has 0 aliphatic carbocycles. The maximum absolute atomic E-state index is 10.9. The monoisotopic (exact) mass is 226 g/mol. The van der Waals surface area contributed by atoms with Crippen molar-refractivity contribution >= 4 is 11.7 Å². The van der Waals surface area contributed by atoms with Crippen LogP contribution in [0.3, 0.4) is 0 Å². The van der Waals surface area contributed by atoms with Crippen LogP contribution in [0, 0.1) is 10.1 Å². The Kier molecular flexibility index (Phi) is 3.54. The molecule has 0 saturated heterocycles. The van der Waals surface area contributed by atoms with Crippen LogP contribution in [0.2, 0.25) is 0 Å². The molecule has 0 spiro atoms. The Bertz CT molecular complexity index is 432. The number of nitrogens with two attached hydrogens (primary N) is 1. The number of aliphatic hydroxyl groups is 1.